The predicted octanol–water partition coefficient (Wildman–Crippen LogP) is -0.712. The average Bonchev–Trinajstić information content (AvgIpc) is 2.31. The van der Waals surface area contributed by atoms with Gasteiger partial charge in [0, 0.05) is 6.92 Å². The summed E-state index contributed by atoms with van der Waals surface area (Å²) in [6.07, 6.45) is 0. The molecule has 1 heterocycles. The van der Waals surface area contributed by atoms with Crippen LogP contribution in [0.1, 0.15) is 12.7 Å². The Morgan fingerprint density at radius 1 is 1.82 bits per heavy atom. The lowest BCUT2D eigenvalue weighted by Gasteiger charge is -1.93. The Hall–Kier alpha value is -1.59. The summed E-state index contributed by atoms with van der Waals surface area (Å²) in [6, 6.07) is 0.00496. The van der Waals surface area contributed by atoms with E-state index in [0.29, 0.717) is 5.82 Å². The minimum atomic E-state index is -0.145. The second-order valence-corrected chi connectivity index (χ2v) is 1.96. The highest BCUT2D eigenvalue weighted by Gasteiger charge is 2.01. The van der Waals surface area contributed by atoms with E-state index >= 15 is 0 Å². The molecule has 0 atom stereocenters. The quantitative estimate of drug-likeness (QED) is 0.589. The number of nitrogens with zero attached hydrogens (tertiary/aromatic N) is 2. The van der Waals surface area contributed by atoms with Gasteiger partial charge < -0.3 is 15.6 Å². The lowest BCUT2D eigenvalue weighted by Crippen LogP contribution is -2.19. The first-order chi connectivity index (χ1) is 5.18. The van der Waals surface area contributed by atoms with E-state index in [2.05, 4.69) is 20.0 Å². The molecule has 1 aromatic rings. The summed E-state index contributed by atoms with van der Waals surface area (Å²) in [7, 11) is 0. The number of nitrogen functional groups attached to an aromatic ring is 1. The standard InChI is InChI=1S/C5H8N4O2/c1-3(10)7-2-4-8-5(6)11-9-4/h2H2,1H3,(H,7,10)(H2,6,8,9). The largest absolute Gasteiger partial charge is 0.351 e. The highest BCUT2D eigenvalue weighted by Crippen LogP contribution is 1.95. The minimum absolute atomic E-state index is 0.00496. The van der Waals surface area contributed by atoms with Crippen LogP contribution in [0, 0.1) is 0 Å². The van der Waals surface area contributed by atoms with Crippen LogP contribution in [0.2, 0.25) is 0 Å². The maximum absolute atomic E-state index is 10.4. The van der Waals surface area contributed by atoms with E-state index in [0.717, 1.165) is 0 Å². The fourth-order valence-electron chi connectivity index (χ4n) is 0.543. The van der Waals surface area contributed by atoms with Crippen LogP contribution >= 0.6 is 0 Å². The van der Waals surface area contributed by atoms with E-state index in [1.165, 1.54) is 6.92 Å². The lowest BCUT2D eigenvalue weighted by atomic mass is 10.5. The molecular weight excluding hydrogens is 148 g/mol. The van der Waals surface area contributed by atoms with E-state index in [1.54, 1.807) is 0 Å². The van der Waals surface area contributed by atoms with E-state index in [4.69, 9.17) is 5.73 Å². The summed E-state index contributed by atoms with van der Waals surface area (Å²) in [6.45, 7) is 1.65. The zero-order valence-electron chi connectivity index (χ0n) is 6.00. The SMILES string of the molecule is CC(=O)NCc1noc(N)n1. The molecule has 0 aliphatic carbocycles. The summed E-state index contributed by atoms with van der Waals surface area (Å²) < 4.78 is 4.46. The van der Waals surface area contributed by atoms with Gasteiger partial charge in [-0.25, -0.2) is 0 Å². The van der Waals surface area contributed by atoms with Gasteiger partial charge in [0.1, 0.15) is 0 Å². The van der Waals surface area contributed by atoms with E-state index < -0.39 is 0 Å². The van der Waals surface area contributed by atoms with Gasteiger partial charge in [0.15, 0.2) is 5.82 Å². The number of hydrogen-bond donors (Lipinski definition) is 2. The van der Waals surface area contributed by atoms with Crippen LogP contribution in [0.3, 0.4) is 0 Å². The van der Waals surface area contributed by atoms with Gasteiger partial charge >= 0.3 is 6.01 Å². The Kier molecular flexibility index (Phi) is 2.05. The van der Waals surface area contributed by atoms with Crippen molar-refractivity contribution in [3.05, 3.63) is 5.82 Å². The summed E-state index contributed by atoms with van der Waals surface area (Å²) in [5, 5.41) is 5.96. The molecule has 1 rings (SSSR count). The summed E-state index contributed by atoms with van der Waals surface area (Å²) in [5.41, 5.74) is 5.13. The van der Waals surface area contributed by atoms with Crippen molar-refractivity contribution in [2.45, 2.75) is 13.5 Å². The van der Waals surface area contributed by atoms with Gasteiger partial charge in [0.05, 0.1) is 6.54 Å². The van der Waals surface area contributed by atoms with E-state index in [-0.39, 0.29) is 18.5 Å². The zero-order chi connectivity index (χ0) is 8.27. The molecule has 0 radical (unpaired) electrons. The number of nitrogens with two attached hydrogens (primary N) is 1. The van der Waals surface area contributed by atoms with Crippen LogP contribution in [0.15, 0.2) is 4.52 Å². The molecule has 0 bridgehead atoms. The molecular formula is C5H8N4O2. The maximum atomic E-state index is 10.4. The zero-order valence-corrected chi connectivity index (χ0v) is 6.00. The molecule has 6 nitrogen and oxygen atoms in total. The highest BCUT2D eigenvalue weighted by molar-refractivity contribution is 5.72. The van der Waals surface area contributed by atoms with Crippen molar-refractivity contribution in [2.24, 2.45) is 0 Å². The lowest BCUT2D eigenvalue weighted by molar-refractivity contribution is -0.119. The van der Waals surface area contributed by atoms with Gasteiger partial charge in [-0.2, -0.15) is 4.98 Å². The fourth-order valence-corrected chi connectivity index (χ4v) is 0.543. The molecule has 0 saturated heterocycles. The third-order valence-electron chi connectivity index (χ3n) is 0.979. The Morgan fingerprint density at radius 3 is 3.00 bits per heavy atom. The van der Waals surface area contributed by atoms with Crippen molar-refractivity contribution in [3.63, 3.8) is 0 Å². The van der Waals surface area contributed by atoms with Crippen LogP contribution in [-0.4, -0.2) is 16.0 Å². The smallest absolute Gasteiger partial charge is 0.318 e. The average molecular weight is 156 g/mol. The van der Waals surface area contributed by atoms with E-state index in [9.17, 15) is 4.79 Å². The molecule has 0 spiro atoms. The second kappa shape index (κ2) is 3.00. The van der Waals surface area contributed by atoms with Crippen LogP contribution < -0.4 is 11.1 Å². The summed E-state index contributed by atoms with van der Waals surface area (Å²) in [5.74, 6) is 0.228. The summed E-state index contributed by atoms with van der Waals surface area (Å²) in [4.78, 5) is 14.1. The third-order valence-corrected chi connectivity index (χ3v) is 0.979. The van der Waals surface area contributed by atoms with Crippen molar-refractivity contribution in [1.82, 2.24) is 15.5 Å². The minimum Gasteiger partial charge on any atom is -0.351 e. The Balaban J connectivity index is 2.45. The molecule has 6 heteroatoms. The predicted molar refractivity (Wildman–Crippen MR) is 36.2 cm³/mol. The number of anilines is 1. The normalized spacial score (nSPS) is 9.55. The van der Waals surface area contributed by atoms with Crippen LogP contribution in [0.5, 0.6) is 0 Å². The van der Waals surface area contributed by atoms with Gasteiger partial charge in [0.25, 0.3) is 0 Å². The monoisotopic (exact) mass is 156 g/mol. The van der Waals surface area contributed by atoms with Gasteiger partial charge in [0.2, 0.25) is 5.91 Å². The Morgan fingerprint density at radius 2 is 2.55 bits per heavy atom. The first-order valence-electron chi connectivity index (χ1n) is 3.01. The van der Waals surface area contributed by atoms with Crippen molar-refractivity contribution < 1.29 is 9.32 Å². The molecule has 0 aliphatic rings. The van der Waals surface area contributed by atoms with Crippen molar-refractivity contribution >= 4 is 11.9 Å². The van der Waals surface area contributed by atoms with Crippen molar-refractivity contribution in [1.29, 1.82) is 0 Å². The van der Waals surface area contributed by atoms with Gasteiger partial charge in [-0.3, -0.25) is 4.79 Å². The molecule has 0 fully saturated rings. The van der Waals surface area contributed by atoms with Gasteiger partial charge in [-0.15, -0.1) is 0 Å². The van der Waals surface area contributed by atoms with Gasteiger partial charge in [-0.1, -0.05) is 5.16 Å². The number of carbonyl (C=O) groups is 1. The molecule has 60 valence electrons. The Labute approximate surface area is 62.8 Å². The molecule has 0 unspecified atom stereocenters. The van der Waals surface area contributed by atoms with Crippen LogP contribution in [-0.2, 0) is 11.3 Å². The Bertz CT molecular complexity index is 257. The number of rotatable bonds is 2. The summed E-state index contributed by atoms with van der Waals surface area (Å²) >= 11 is 0. The number of carbonyl (C=O) groups excluding carboxylic acids is 1. The van der Waals surface area contributed by atoms with Crippen molar-refractivity contribution in [2.75, 3.05) is 5.73 Å². The first kappa shape index (κ1) is 7.52. The number of aromatic nitrogens is 2. The van der Waals surface area contributed by atoms with E-state index in [1.807, 2.05) is 0 Å². The molecule has 0 saturated carbocycles. The second-order valence-electron chi connectivity index (χ2n) is 1.96. The number of hydrogen-bond acceptors (Lipinski definition) is 5. The number of nitrogens with one attached hydrogen (secondary N) is 1. The van der Waals surface area contributed by atoms with Crippen LogP contribution in [0.25, 0.3) is 0 Å². The topological polar surface area (TPSA) is 94.0 Å². The highest BCUT2D eigenvalue weighted by atomic mass is 16.5. The molecule has 1 amide bonds. The molecule has 0 aromatic carbocycles. The molecule has 11 heavy (non-hydrogen) atoms. The molecule has 3 N–H and O–H groups in total. The van der Waals surface area contributed by atoms with Gasteiger partial charge in [-0.05, 0) is 0 Å². The maximum Gasteiger partial charge on any atom is 0.318 e. The first-order valence-corrected chi connectivity index (χ1v) is 3.01. The molecule has 1 aromatic heterocycles. The number of amides is 1. The fraction of sp³-hybridized carbons (Fsp3) is 0.400. The third kappa shape index (κ3) is 2.24. The van der Waals surface area contributed by atoms with Crippen LogP contribution in [0.4, 0.5) is 6.01 Å². The molecule has 0 aliphatic heterocycles. The van der Waals surface area contributed by atoms with Crippen molar-refractivity contribution in [3.8, 4) is 0 Å².